The lowest BCUT2D eigenvalue weighted by atomic mass is 10.3. The third kappa shape index (κ3) is 6.27. The summed E-state index contributed by atoms with van der Waals surface area (Å²) in [5.74, 6) is -2.03. The van der Waals surface area contributed by atoms with Crippen LogP contribution in [0.1, 0.15) is 6.92 Å². The SMILES string of the molecule is C=C/C(=C\N/C(C(=O)NCCOC)=C(\C)O)C(=O)O. The van der Waals surface area contributed by atoms with Gasteiger partial charge >= 0.3 is 5.97 Å². The molecule has 7 nitrogen and oxygen atoms in total. The van der Waals surface area contributed by atoms with Crippen LogP contribution in [0.5, 0.6) is 0 Å². The third-order valence-corrected chi connectivity index (χ3v) is 2.02. The van der Waals surface area contributed by atoms with Crippen LogP contribution in [0.15, 0.2) is 35.9 Å². The number of aliphatic hydroxyl groups is 1. The number of ether oxygens (including phenoxy) is 1. The second-order valence-corrected chi connectivity index (χ2v) is 3.46. The lowest BCUT2D eigenvalue weighted by Crippen LogP contribution is -2.33. The van der Waals surface area contributed by atoms with Gasteiger partial charge in [-0.1, -0.05) is 12.7 Å². The molecule has 0 aliphatic rings. The van der Waals surface area contributed by atoms with Crippen molar-refractivity contribution in [1.29, 1.82) is 0 Å². The van der Waals surface area contributed by atoms with Gasteiger partial charge in [0.2, 0.25) is 0 Å². The smallest absolute Gasteiger partial charge is 0.337 e. The molecule has 0 radical (unpaired) electrons. The fourth-order valence-corrected chi connectivity index (χ4v) is 1.05. The number of carboxylic acids is 1. The van der Waals surface area contributed by atoms with Gasteiger partial charge in [-0.3, -0.25) is 4.79 Å². The minimum Gasteiger partial charge on any atom is -0.510 e. The lowest BCUT2D eigenvalue weighted by molar-refractivity contribution is -0.132. The molecule has 0 spiro atoms. The maximum absolute atomic E-state index is 11.7. The average Bonchev–Trinajstić information content (AvgIpc) is 2.33. The number of allylic oxidation sites excluding steroid dienone is 1. The zero-order valence-electron chi connectivity index (χ0n) is 10.9. The van der Waals surface area contributed by atoms with Gasteiger partial charge < -0.3 is 25.6 Å². The molecule has 0 aromatic rings. The van der Waals surface area contributed by atoms with Gasteiger partial charge in [-0.2, -0.15) is 0 Å². The first kappa shape index (κ1) is 16.7. The maximum Gasteiger partial charge on any atom is 0.337 e. The Balaban J connectivity index is 4.78. The molecule has 0 rings (SSSR count). The number of nitrogens with one attached hydrogen (secondary N) is 2. The molecule has 0 heterocycles. The van der Waals surface area contributed by atoms with E-state index in [9.17, 15) is 14.7 Å². The maximum atomic E-state index is 11.7. The predicted octanol–water partition coefficient (Wildman–Crippen LogP) is 0.283. The number of aliphatic hydroxyl groups excluding tert-OH is 1. The summed E-state index contributed by atoms with van der Waals surface area (Å²) in [6, 6.07) is 0. The lowest BCUT2D eigenvalue weighted by Gasteiger charge is -2.09. The summed E-state index contributed by atoms with van der Waals surface area (Å²) in [7, 11) is 1.49. The second-order valence-electron chi connectivity index (χ2n) is 3.46. The van der Waals surface area contributed by atoms with Crippen LogP contribution in [0.25, 0.3) is 0 Å². The van der Waals surface area contributed by atoms with E-state index in [2.05, 4.69) is 17.2 Å². The number of carbonyl (C=O) groups excluding carboxylic acids is 1. The van der Waals surface area contributed by atoms with Crippen LogP contribution < -0.4 is 10.6 Å². The normalized spacial score (nSPS) is 12.4. The topological polar surface area (TPSA) is 108 Å². The Hall–Kier alpha value is -2.28. The molecule has 0 aromatic heterocycles. The number of aliphatic carboxylic acids is 1. The molecule has 0 bridgehead atoms. The zero-order chi connectivity index (χ0) is 14.8. The summed E-state index contributed by atoms with van der Waals surface area (Å²) in [6.07, 6.45) is 2.18. The molecule has 0 atom stereocenters. The van der Waals surface area contributed by atoms with Crippen LogP contribution in [0.2, 0.25) is 0 Å². The number of hydrogen-bond donors (Lipinski definition) is 4. The zero-order valence-corrected chi connectivity index (χ0v) is 10.9. The highest BCUT2D eigenvalue weighted by molar-refractivity contribution is 5.94. The van der Waals surface area contributed by atoms with Crippen molar-refractivity contribution in [3.05, 3.63) is 35.9 Å². The van der Waals surface area contributed by atoms with Crippen LogP contribution in [-0.4, -0.2) is 42.4 Å². The van der Waals surface area contributed by atoms with E-state index in [0.717, 1.165) is 12.3 Å². The van der Waals surface area contributed by atoms with Gasteiger partial charge in [-0.25, -0.2) is 4.79 Å². The van der Waals surface area contributed by atoms with Crippen LogP contribution in [0, 0.1) is 0 Å². The van der Waals surface area contributed by atoms with Crippen molar-refractivity contribution in [2.75, 3.05) is 20.3 Å². The van der Waals surface area contributed by atoms with Crippen LogP contribution >= 0.6 is 0 Å². The van der Waals surface area contributed by atoms with Gasteiger partial charge in [-0.05, 0) is 6.92 Å². The molecule has 4 N–H and O–H groups in total. The van der Waals surface area contributed by atoms with Gasteiger partial charge in [0, 0.05) is 19.9 Å². The Morgan fingerprint density at radius 2 is 2.00 bits per heavy atom. The van der Waals surface area contributed by atoms with E-state index in [4.69, 9.17) is 9.84 Å². The fourth-order valence-electron chi connectivity index (χ4n) is 1.05. The van der Waals surface area contributed by atoms with Gasteiger partial charge in [0.15, 0.2) is 0 Å². The summed E-state index contributed by atoms with van der Waals surface area (Å²) in [5, 5.41) is 23.1. The minimum absolute atomic E-state index is 0.136. The number of methoxy groups -OCH3 is 1. The van der Waals surface area contributed by atoms with Crippen molar-refractivity contribution in [1.82, 2.24) is 10.6 Å². The van der Waals surface area contributed by atoms with Crippen LogP contribution in [-0.2, 0) is 14.3 Å². The van der Waals surface area contributed by atoms with Crippen molar-refractivity contribution < 1.29 is 24.5 Å². The molecule has 7 heteroatoms. The number of carbonyl (C=O) groups is 2. The molecule has 0 unspecified atom stereocenters. The number of carboxylic acid groups (broad SMARTS) is 1. The molecule has 1 amide bonds. The Morgan fingerprint density at radius 3 is 2.42 bits per heavy atom. The molecular weight excluding hydrogens is 252 g/mol. The molecular formula is C12H18N2O5. The van der Waals surface area contributed by atoms with Crippen molar-refractivity contribution in [3.8, 4) is 0 Å². The van der Waals surface area contributed by atoms with Crippen molar-refractivity contribution in [2.45, 2.75) is 6.92 Å². The number of amides is 1. The standard InChI is InChI=1S/C12H18N2O5/c1-4-9(12(17)18)7-14-10(8(2)15)11(16)13-5-6-19-3/h4,7,14-15H,1,5-6H2,2-3H3,(H,13,16)(H,17,18)/b9-7+,10-8+. The first-order valence-electron chi connectivity index (χ1n) is 5.43. The predicted molar refractivity (Wildman–Crippen MR) is 69.3 cm³/mol. The number of rotatable bonds is 8. The molecule has 0 aliphatic carbocycles. The molecule has 0 fully saturated rings. The van der Waals surface area contributed by atoms with Crippen molar-refractivity contribution in [2.24, 2.45) is 0 Å². The molecule has 19 heavy (non-hydrogen) atoms. The highest BCUT2D eigenvalue weighted by Crippen LogP contribution is 2.00. The van der Waals surface area contributed by atoms with E-state index in [1.807, 2.05) is 0 Å². The third-order valence-electron chi connectivity index (χ3n) is 2.02. The summed E-state index contributed by atoms with van der Waals surface area (Å²) in [6.45, 7) is 5.23. The van der Waals surface area contributed by atoms with Crippen molar-refractivity contribution in [3.63, 3.8) is 0 Å². The Kier molecular flexibility index (Phi) is 7.71. The van der Waals surface area contributed by atoms with E-state index < -0.39 is 11.9 Å². The van der Waals surface area contributed by atoms with E-state index in [0.29, 0.717) is 6.61 Å². The second kappa shape index (κ2) is 8.76. The quantitative estimate of drug-likeness (QED) is 0.218. The average molecular weight is 270 g/mol. The molecule has 0 aromatic carbocycles. The summed E-state index contributed by atoms with van der Waals surface area (Å²) >= 11 is 0. The van der Waals surface area contributed by atoms with Crippen LogP contribution in [0.4, 0.5) is 0 Å². The van der Waals surface area contributed by atoms with E-state index in [1.54, 1.807) is 0 Å². The van der Waals surface area contributed by atoms with E-state index >= 15 is 0 Å². The Bertz CT molecular complexity index is 408. The Morgan fingerprint density at radius 1 is 1.37 bits per heavy atom. The summed E-state index contributed by atoms with van der Waals surface area (Å²) in [4.78, 5) is 22.4. The largest absolute Gasteiger partial charge is 0.510 e. The van der Waals surface area contributed by atoms with Crippen molar-refractivity contribution >= 4 is 11.9 Å². The highest BCUT2D eigenvalue weighted by Gasteiger charge is 2.12. The molecule has 106 valence electrons. The molecule has 0 saturated carbocycles. The van der Waals surface area contributed by atoms with Crippen LogP contribution in [0.3, 0.4) is 0 Å². The van der Waals surface area contributed by atoms with E-state index in [-0.39, 0.29) is 23.6 Å². The number of hydrogen-bond acceptors (Lipinski definition) is 5. The minimum atomic E-state index is -1.20. The first-order valence-corrected chi connectivity index (χ1v) is 5.43. The fraction of sp³-hybridized carbons (Fsp3) is 0.333. The van der Waals surface area contributed by atoms with Gasteiger partial charge in [0.1, 0.15) is 11.5 Å². The summed E-state index contributed by atoms with van der Waals surface area (Å²) < 4.78 is 4.76. The molecule has 0 aliphatic heterocycles. The monoisotopic (exact) mass is 270 g/mol. The van der Waals surface area contributed by atoms with Gasteiger partial charge in [0.05, 0.1) is 12.2 Å². The van der Waals surface area contributed by atoms with Gasteiger partial charge in [0.25, 0.3) is 5.91 Å². The Labute approximate surface area is 111 Å². The summed E-state index contributed by atoms with van der Waals surface area (Å²) in [5.41, 5.74) is -0.278. The highest BCUT2D eigenvalue weighted by atomic mass is 16.5. The molecule has 0 saturated heterocycles. The van der Waals surface area contributed by atoms with E-state index in [1.165, 1.54) is 14.0 Å². The van der Waals surface area contributed by atoms with Gasteiger partial charge in [-0.15, -0.1) is 0 Å². The first-order chi connectivity index (χ1) is 8.93.